The van der Waals surface area contributed by atoms with Crippen molar-refractivity contribution in [2.24, 2.45) is 0 Å². The zero-order valence-corrected chi connectivity index (χ0v) is 9.92. The number of hydrogen-bond donors (Lipinski definition) is 2. The highest BCUT2D eigenvalue weighted by atomic mass is 16.3. The summed E-state index contributed by atoms with van der Waals surface area (Å²) >= 11 is 0. The van der Waals surface area contributed by atoms with Gasteiger partial charge in [0.15, 0.2) is 0 Å². The summed E-state index contributed by atoms with van der Waals surface area (Å²) in [4.78, 5) is 0. The highest BCUT2D eigenvalue weighted by molar-refractivity contribution is 4.70. The van der Waals surface area contributed by atoms with Crippen molar-refractivity contribution in [3.8, 4) is 0 Å². The molecule has 0 aliphatic rings. The van der Waals surface area contributed by atoms with Crippen molar-refractivity contribution < 1.29 is 10.2 Å². The Morgan fingerprint density at radius 1 is 1.07 bits per heavy atom. The van der Waals surface area contributed by atoms with Crippen molar-refractivity contribution in [2.75, 3.05) is 0 Å². The van der Waals surface area contributed by atoms with E-state index < -0.39 is 5.60 Å². The van der Waals surface area contributed by atoms with Crippen LogP contribution in [0.3, 0.4) is 0 Å². The van der Waals surface area contributed by atoms with E-state index >= 15 is 0 Å². The lowest BCUT2D eigenvalue weighted by molar-refractivity contribution is 0.0150. The summed E-state index contributed by atoms with van der Waals surface area (Å²) in [5, 5.41) is 19.1. The number of hydrogen-bond acceptors (Lipinski definition) is 2. The molecule has 1 unspecified atom stereocenters. The number of aliphatic hydroxyl groups is 2. The first kappa shape index (κ1) is 13.9. The minimum Gasteiger partial charge on any atom is -0.393 e. The fourth-order valence-electron chi connectivity index (χ4n) is 1.66. The highest BCUT2D eigenvalue weighted by Crippen LogP contribution is 2.15. The van der Waals surface area contributed by atoms with Crippen LogP contribution in [0.25, 0.3) is 0 Å². The average molecular weight is 202 g/mol. The Bertz CT molecular complexity index is 127. The van der Waals surface area contributed by atoms with Crippen LogP contribution in [0.5, 0.6) is 0 Å². The maximum atomic E-state index is 9.58. The molecule has 2 heteroatoms. The van der Waals surface area contributed by atoms with Gasteiger partial charge in [-0.25, -0.2) is 0 Å². The monoisotopic (exact) mass is 202 g/mol. The number of unbranched alkanes of at least 4 members (excludes halogenated alkanes) is 4. The van der Waals surface area contributed by atoms with Crippen LogP contribution in [0.4, 0.5) is 0 Å². The van der Waals surface area contributed by atoms with Crippen molar-refractivity contribution in [2.45, 2.75) is 77.4 Å². The summed E-state index contributed by atoms with van der Waals surface area (Å²) in [6.07, 6.45) is 7.08. The summed E-state index contributed by atoms with van der Waals surface area (Å²) < 4.78 is 0. The van der Waals surface area contributed by atoms with Crippen molar-refractivity contribution >= 4 is 0 Å². The molecule has 0 saturated heterocycles. The number of aliphatic hydroxyl groups excluding tert-OH is 1. The Morgan fingerprint density at radius 3 is 2.14 bits per heavy atom. The molecule has 0 saturated carbocycles. The van der Waals surface area contributed by atoms with Crippen LogP contribution in [0.15, 0.2) is 0 Å². The molecule has 0 radical (unpaired) electrons. The van der Waals surface area contributed by atoms with E-state index in [1.165, 1.54) is 25.7 Å². The van der Waals surface area contributed by atoms with Gasteiger partial charge < -0.3 is 10.2 Å². The van der Waals surface area contributed by atoms with Gasteiger partial charge in [-0.1, -0.05) is 39.0 Å². The molecule has 0 spiro atoms. The molecule has 0 aromatic heterocycles. The van der Waals surface area contributed by atoms with Gasteiger partial charge in [0.25, 0.3) is 0 Å². The van der Waals surface area contributed by atoms with E-state index in [-0.39, 0.29) is 6.10 Å². The lowest BCUT2D eigenvalue weighted by atomic mass is 9.97. The molecule has 2 N–H and O–H groups in total. The largest absolute Gasteiger partial charge is 0.393 e. The summed E-state index contributed by atoms with van der Waals surface area (Å²) in [5.41, 5.74) is -0.733. The highest BCUT2D eigenvalue weighted by Gasteiger charge is 2.17. The smallest absolute Gasteiger partial charge is 0.0616 e. The van der Waals surface area contributed by atoms with Gasteiger partial charge in [-0.3, -0.25) is 0 Å². The van der Waals surface area contributed by atoms with Gasteiger partial charge >= 0.3 is 0 Å². The van der Waals surface area contributed by atoms with Gasteiger partial charge in [-0.2, -0.15) is 0 Å². The molecule has 0 amide bonds. The van der Waals surface area contributed by atoms with E-state index in [4.69, 9.17) is 0 Å². The van der Waals surface area contributed by atoms with Gasteiger partial charge in [0.05, 0.1) is 11.7 Å². The minimum absolute atomic E-state index is 0.336. The Hall–Kier alpha value is -0.0800. The first-order valence-electron chi connectivity index (χ1n) is 5.86. The zero-order chi connectivity index (χ0) is 11.0. The lowest BCUT2D eigenvalue weighted by Crippen LogP contribution is -2.26. The second-order valence-corrected chi connectivity index (χ2v) is 4.87. The molecule has 0 aromatic rings. The summed E-state index contributed by atoms with van der Waals surface area (Å²) in [6.45, 7) is 5.68. The third kappa shape index (κ3) is 10.0. The quantitative estimate of drug-likeness (QED) is 0.594. The SMILES string of the molecule is CCCCCCCC(O)CC(C)(C)O. The molecular formula is C12H26O2. The second kappa shape index (κ2) is 7.24. The van der Waals surface area contributed by atoms with E-state index in [9.17, 15) is 10.2 Å². The molecule has 0 aromatic carbocycles. The molecule has 0 fully saturated rings. The fourth-order valence-corrected chi connectivity index (χ4v) is 1.66. The minimum atomic E-state index is -0.733. The predicted molar refractivity (Wildman–Crippen MR) is 60.3 cm³/mol. The lowest BCUT2D eigenvalue weighted by Gasteiger charge is -2.21. The fraction of sp³-hybridized carbons (Fsp3) is 1.00. The number of rotatable bonds is 8. The molecule has 86 valence electrons. The van der Waals surface area contributed by atoms with Crippen molar-refractivity contribution in [3.05, 3.63) is 0 Å². The third-order valence-corrected chi connectivity index (χ3v) is 2.38. The molecular weight excluding hydrogens is 176 g/mol. The molecule has 0 bridgehead atoms. The molecule has 1 atom stereocenters. The third-order valence-electron chi connectivity index (χ3n) is 2.38. The normalized spacial score (nSPS) is 14.4. The van der Waals surface area contributed by atoms with Gasteiger partial charge in [0.1, 0.15) is 0 Å². The van der Waals surface area contributed by atoms with Crippen LogP contribution in [0.2, 0.25) is 0 Å². The predicted octanol–water partition coefficient (Wildman–Crippen LogP) is 2.87. The maximum Gasteiger partial charge on any atom is 0.0616 e. The van der Waals surface area contributed by atoms with Crippen LogP contribution in [-0.2, 0) is 0 Å². The summed E-state index contributed by atoms with van der Waals surface area (Å²) in [6, 6.07) is 0. The Morgan fingerprint density at radius 2 is 1.64 bits per heavy atom. The van der Waals surface area contributed by atoms with Crippen molar-refractivity contribution in [1.82, 2.24) is 0 Å². The second-order valence-electron chi connectivity index (χ2n) is 4.87. The molecule has 14 heavy (non-hydrogen) atoms. The van der Waals surface area contributed by atoms with Crippen molar-refractivity contribution in [3.63, 3.8) is 0 Å². The van der Waals surface area contributed by atoms with Gasteiger partial charge in [-0.05, 0) is 20.3 Å². The van der Waals surface area contributed by atoms with Crippen LogP contribution >= 0.6 is 0 Å². The van der Waals surface area contributed by atoms with Gasteiger partial charge in [-0.15, -0.1) is 0 Å². The van der Waals surface area contributed by atoms with Gasteiger partial charge in [0, 0.05) is 6.42 Å². The standard InChI is InChI=1S/C12H26O2/c1-4-5-6-7-8-9-11(13)10-12(2,3)14/h11,13-14H,4-10H2,1-3H3. The Balaban J connectivity index is 3.31. The summed E-state index contributed by atoms with van der Waals surface area (Å²) in [5.74, 6) is 0. The molecule has 0 aliphatic heterocycles. The van der Waals surface area contributed by atoms with Crippen LogP contribution in [0.1, 0.15) is 65.7 Å². The zero-order valence-electron chi connectivity index (χ0n) is 9.92. The molecule has 0 aliphatic carbocycles. The average Bonchev–Trinajstić information content (AvgIpc) is 2.00. The van der Waals surface area contributed by atoms with Crippen molar-refractivity contribution in [1.29, 1.82) is 0 Å². The first-order valence-corrected chi connectivity index (χ1v) is 5.86. The van der Waals surface area contributed by atoms with Gasteiger partial charge in [0.2, 0.25) is 0 Å². The summed E-state index contributed by atoms with van der Waals surface area (Å²) in [7, 11) is 0. The van der Waals surface area contributed by atoms with E-state index in [2.05, 4.69) is 6.92 Å². The topological polar surface area (TPSA) is 40.5 Å². The molecule has 0 heterocycles. The van der Waals surface area contributed by atoms with Crippen LogP contribution < -0.4 is 0 Å². The van der Waals surface area contributed by atoms with E-state index in [0.29, 0.717) is 6.42 Å². The van der Waals surface area contributed by atoms with E-state index in [1.54, 1.807) is 13.8 Å². The Labute approximate surface area is 88.3 Å². The van der Waals surface area contributed by atoms with E-state index in [1.807, 2.05) is 0 Å². The Kier molecular flexibility index (Phi) is 7.20. The maximum absolute atomic E-state index is 9.58. The van der Waals surface area contributed by atoms with Crippen LogP contribution in [0, 0.1) is 0 Å². The van der Waals surface area contributed by atoms with Crippen LogP contribution in [-0.4, -0.2) is 21.9 Å². The van der Waals surface area contributed by atoms with E-state index in [0.717, 1.165) is 12.8 Å². The molecule has 2 nitrogen and oxygen atoms in total. The first-order chi connectivity index (χ1) is 6.45. The molecule has 0 rings (SSSR count).